The first-order chi connectivity index (χ1) is 8.58. The molecule has 0 radical (unpaired) electrons. The second kappa shape index (κ2) is 5.27. The second-order valence-electron chi connectivity index (χ2n) is 3.92. The molecule has 18 heavy (non-hydrogen) atoms. The van der Waals surface area contributed by atoms with E-state index in [1.807, 2.05) is 0 Å². The van der Waals surface area contributed by atoms with Crippen LogP contribution in [0, 0.1) is 12.7 Å². The zero-order valence-corrected chi connectivity index (χ0v) is 10.5. The number of phenolic OH excluding ortho intramolecular Hbond substituents is 1. The lowest BCUT2D eigenvalue weighted by atomic mass is 10.2. The molecule has 0 aliphatic heterocycles. The van der Waals surface area contributed by atoms with Gasteiger partial charge in [0.15, 0.2) is 0 Å². The van der Waals surface area contributed by atoms with Crippen molar-refractivity contribution >= 4 is 11.6 Å². The van der Waals surface area contributed by atoms with Gasteiger partial charge < -0.3 is 9.84 Å². The molecule has 0 bridgehead atoms. The lowest BCUT2D eigenvalue weighted by molar-refractivity contribution is 0.302. The van der Waals surface area contributed by atoms with Crippen molar-refractivity contribution in [2.24, 2.45) is 0 Å². The van der Waals surface area contributed by atoms with E-state index in [4.69, 9.17) is 16.3 Å². The smallest absolute Gasteiger partial charge is 0.126 e. The molecule has 2 aromatic rings. The van der Waals surface area contributed by atoms with Crippen molar-refractivity contribution in [1.82, 2.24) is 0 Å². The molecule has 0 aliphatic rings. The minimum atomic E-state index is -0.378. The zero-order chi connectivity index (χ0) is 13.1. The van der Waals surface area contributed by atoms with Gasteiger partial charge >= 0.3 is 0 Å². The van der Waals surface area contributed by atoms with Crippen molar-refractivity contribution < 1.29 is 14.2 Å². The first-order valence-corrected chi connectivity index (χ1v) is 5.81. The van der Waals surface area contributed by atoms with Crippen LogP contribution in [0.2, 0.25) is 5.02 Å². The normalized spacial score (nSPS) is 10.4. The minimum Gasteiger partial charge on any atom is -0.508 e. The average Bonchev–Trinajstić information content (AvgIpc) is 2.33. The number of phenols is 1. The molecule has 0 aromatic heterocycles. The summed E-state index contributed by atoms with van der Waals surface area (Å²) in [4.78, 5) is 0. The van der Waals surface area contributed by atoms with Crippen LogP contribution in [0.4, 0.5) is 4.39 Å². The molecular weight excluding hydrogens is 255 g/mol. The Morgan fingerprint density at radius 1 is 1.28 bits per heavy atom. The monoisotopic (exact) mass is 266 g/mol. The minimum absolute atomic E-state index is 0.178. The molecule has 2 rings (SSSR count). The molecule has 0 unspecified atom stereocenters. The third-order valence-corrected chi connectivity index (χ3v) is 3.01. The summed E-state index contributed by atoms with van der Waals surface area (Å²) in [6, 6.07) is 9.20. The van der Waals surface area contributed by atoms with Crippen LogP contribution < -0.4 is 4.74 Å². The maximum atomic E-state index is 12.9. The summed E-state index contributed by atoms with van der Waals surface area (Å²) >= 11 is 5.90. The highest BCUT2D eigenvalue weighted by atomic mass is 35.5. The number of aromatic hydroxyl groups is 1. The van der Waals surface area contributed by atoms with Gasteiger partial charge in [-0.05, 0) is 31.2 Å². The molecule has 0 spiro atoms. The average molecular weight is 267 g/mol. The number of benzene rings is 2. The van der Waals surface area contributed by atoms with Gasteiger partial charge in [0.1, 0.15) is 23.9 Å². The van der Waals surface area contributed by atoms with E-state index in [1.54, 1.807) is 31.2 Å². The maximum Gasteiger partial charge on any atom is 0.126 e. The number of hydrogen-bond acceptors (Lipinski definition) is 2. The Morgan fingerprint density at radius 3 is 2.78 bits per heavy atom. The van der Waals surface area contributed by atoms with Crippen LogP contribution >= 0.6 is 11.6 Å². The molecule has 0 saturated carbocycles. The van der Waals surface area contributed by atoms with Crippen molar-refractivity contribution in [2.75, 3.05) is 0 Å². The molecule has 0 atom stereocenters. The molecule has 1 N–H and O–H groups in total. The first-order valence-electron chi connectivity index (χ1n) is 5.43. The van der Waals surface area contributed by atoms with Gasteiger partial charge in [0.05, 0.1) is 5.02 Å². The van der Waals surface area contributed by atoms with Gasteiger partial charge in [-0.2, -0.15) is 0 Å². The molecule has 2 nitrogen and oxygen atoms in total. The lowest BCUT2D eigenvalue weighted by Gasteiger charge is -2.11. The van der Waals surface area contributed by atoms with Crippen molar-refractivity contribution in [1.29, 1.82) is 0 Å². The molecule has 0 fully saturated rings. The largest absolute Gasteiger partial charge is 0.508 e. The van der Waals surface area contributed by atoms with Gasteiger partial charge in [-0.3, -0.25) is 0 Å². The van der Waals surface area contributed by atoms with E-state index in [1.165, 1.54) is 12.1 Å². The third-order valence-electron chi connectivity index (χ3n) is 2.65. The molecule has 2 aromatic carbocycles. The number of halogens is 2. The molecule has 0 heterocycles. The summed E-state index contributed by atoms with van der Waals surface area (Å²) in [6.07, 6.45) is 0. The second-order valence-corrected chi connectivity index (χ2v) is 4.33. The van der Waals surface area contributed by atoms with Gasteiger partial charge in [0.25, 0.3) is 0 Å². The molecule has 0 aliphatic carbocycles. The van der Waals surface area contributed by atoms with Crippen molar-refractivity contribution in [3.05, 3.63) is 58.4 Å². The van der Waals surface area contributed by atoms with E-state index in [0.29, 0.717) is 21.9 Å². The summed E-state index contributed by atoms with van der Waals surface area (Å²) in [5, 5.41) is 9.86. The highest BCUT2D eigenvalue weighted by molar-refractivity contribution is 6.31. The van der Waals surface area contributed by atoms with Crippen LogP contribution in [-0.2, 0) is 6.61 Å². The van der Waals surface area contributed by atoms with Crippen LogP contribution in [0.5, 0.6) is 11.5 Å². The fraction of sp³-hybridized carbons (Fsp3) is 0.143. The predicted octanol–water partition coefficient (Wildman–Crippen LogP) is 4.07. The fourth-order valence-corrected chi connectivity index (χ4v) is 1.78. The first kappa shape index (κ1) is 12.7. The standard InChI is InChI=1S/C14H12ClFO2/c1-9-13(17)3-2-4-14(9)18-8-10-5-6-11(16)7-12(10)15/h2-7,17H,8H2,1H3. The van der Waals surface area contributed by atoms with Crippen LogP contribution in [0.25, 0.3) is 0 Å². The Bertz CT molecular complexity index is 570. The Balaban J connectivity index is 2.14. The molecule has 94 valence electrons. The molecular formula is C14H12ClFO2. The van der Waals surface area contributed by atoms with E-state index < -0.39 is 0 Å². The van der Waals surface area contributed by atoms with Gasteiger partial charge in [0, 0.05) is 11.1 Å². The highest BCUT2D eigenvalue weighted by Crippen LogP contribution is 2.27. The zero-order valence-electron chi connectivity index (χ0n) is 9.78. The van der Waals surface area contributed by atoms with Crippen LogP contribution in [-0.4, -0.2) is 5.11 Å². The van der Waals surface area contributed by atoms with Crippen LogP contribution in [0.15, 0.2) is 36.4 Å². The Labute approximate surface area is 110 Å². The van der Waals surface area contributed by atoms with Gasteiger partial charge in [-0.15, -0.1) is 0 Å². The van der Waals surface area contributed by atoms with Crippen molar-refractivity contribution in [2.45, 2.75) is 13.5 Å². The van der Waals surface area contributed by atoms with Crippen molar-refractivity contribution in [3.8, 4) is 11.5 Å². The molecule has 0 amide bonds. The number of hydrogen-bond donors (Lipinski definition) is 1. The van der Waals surface area contributed by atoms with Crippen LogP contribution in [0.3, 0.4) is 0 Å². The Kier molecular flexibility index (Phi) is 3.72. The topological polar surface area (TPSA) is 29.5 Å². The Hall–Kier alpha value is -1.74. The quantitative estimate of drug-likeness (QED) is 0.907. The summed E-state index contributed by atoms with van der Waals surface area (Å²) in [5.41, 5.74) is 1.36. The van der Waals surface area contributed by atoms with E-state index in [9.17, 15) is 9.50 Å². The number of ether oxygens (including phenoxy) is 1. The highest BCUT2D eigenvalue weighted by Gasteiger charge is 2.06. The van der Waals surface area contributed by atoms with E-state index in [2.05, 4.69) is 0 Å². The fourth-order valence-electron chi connectivity index (χ4n) is 1.55. The summed E-state index contributed by atoms with van der Waals surface area (Å²) in [6.45, 7) is 1.99. The summed E-state index contributed by atoms with van der Waals surface area (Å²) in [5.74, 6) is 0.380. The van der Waals surface area contributed by atoms with Gasteiger partial charge in [-0.1, -0.05) is 23.7 Å². The Morgan fingerprint density at radius 2 is 2.06 bits per heavy atom. The van der Waals surface area contributed by atoms with Crippen LogP contribution in [0.1, 0.15) is 11.1 Å². The van der Waals surface area contributed by atoms with Gasteiger partial charge in [0.2, 0.25) is 0 Å². The predicted molar refractivity (Wildman–Crippen MR) is 68.6 cm³/mol. The summed E-state index contributed by atoms with van der Waals surface area (Å²) in [7, 11) is 0. The van der Waals surface area contributed by atoms with E-state index in [-0.39, 0.29) is 18.2 Å². The van der Waals surface area contributed by atoms with Crippen molar-refractivity contribution in [3.63, 3.8) is 0 Å². The third kappa shape index (κ3) is 2.74. The van der Waals surface area contributed by atoms with Gasteiger partial charge in [-0.25, -0.2) is 4.39 Å². The lowest BCUT2D eigenvalue weighted by Crippen LogP contribution is -1.98. The number of rotatable bonds is 3. The SMILES string of the molecule is Cc1c(O)cccc1OCc1ccc(F)cc1Cl. The summed E-state index contributed by atoms with van der Waals surface area (Å²) < 4.78 is 18.4. The van der Waals surface area contributed by atoms with E-state index >= 15 is 0 Å². The maximum absolute atomic E-state index is 12.9. The van der Waals surface area contributed by atoms with E-state index in [0.717, 1.165) is 0 Å². The molecule has 0 saturated heterocycles. The molecule has 4 heteroatoms.